The van der Waals surface area contributed by atoms with Crippen molar-refractivity contribution in [1.29, 1.82) is 0 Å². The highest BCUT2D eigenvalue weighted by Crippen LogP contribution is 2.44. The smallest absolute Gasteiger partial charge is 0.0687 e. The molecule has 1 saturated carbocycles. The molecular weight excluding hydrogens is 210 g/mol. The first kappa shape index (κ1) is 13.4. The molecule has 2 aliphatic rings. The molecule has 1 aliphatic carbocycles. The molecule has 2 rings (SSSR count). The lowest BCUT2D eigenvalue weighted by Crippen LogP contribution is -2.27. The van der Waals surface area contributed by atoms with Gasteiger partial charge in [-0.15, -0.1) is 0 Å². The Kier molecular flexibility index (Phi) is 4.48. The van der Waals surface area contributed by atoms with Crippen molar-refractivity contribution in [2.45, 2.75) is 83.0 Å². The summed E-state index contributed by atoms with van der Waals surface area (Å²) in [6, 6.07) is 0.631. The average molecular weight is 239 g/mol. The number of rotatable bonds is 5. The van der Waals surface area contributed by atoms with Crippen LogP contribution < -0.4 is 5.32 Å². The SMILES string of the molecule is CNC(C)CC(C)CC1CCC2(CCCC2)O1. The van der Waals surface area contributed by atoms with Gasteiger partial charge in [-0.05, 0) is 58.4 Å². The van der Waals surface area contributed by atoms with E-state index in [1.807, 2.05) is 0 Å². The van der Waals surface area contributed by atoms with Gasteiger partial charge in [-0.1, -0.05) is 19.8 Å². The van der Waals surface area contributed by atoms with Gasteiger partial charge < -0.3 is 10.1 Å². The van der Waals surface area contributed by atoms with Crippen molar-refractivity contribution in [3.05, 3.63) is 0 Å². The topological polar surface area (TPSA) is 21.3 Å². The van der Waals surface area contributed by atoms with Crippen molar-refractivity contribution in [2.75, 3.05) is 7.05 Å². The Morgan fingerprint density at radius 1 is 1.24 bits per heavy atom. The van der Waals surface area contributed by atoms with E-state index in [2.05, 4.69) is 26.2 Å². The van der Waals surface area contributed by atoms with Gasteiger partial charge in [0.25, 0.3) is 0 Å². The average Bonchev–Trinajstić information content (AvgIpc) is 2.90. The molecule has 100 valence electrons. The Bertz CT molecular complexity index is 235. The van der Waals surface area contributed by atoms with Gasteiger partial charge in [0.15, 0.2) is 0 Å². The Morgan fingerprint density at radius 3 is 2.59 bits per heavy atom. The molecule has 2 heteroatoms. The van der Waals surface area contributed by atoms with Crippen molar-refractivity contribution in [1.82, 2.24) is 5.32 Å². The lowest BCUT2D eigenvalue weighted by molar-refractivity contribution is -0.0439. The lowest BCUT2D eigenvalue weighted by Gasteiger charge is -2.25. The number of nitrogens with one attached hydrogen (secondary N) is 1. The first-order chi connectivity index (χ1) is 8.13. The van der Waals surface area contributed by atoms with Gasteiger partial charge in [-0.25, -0.2) is 0 Å². The Balaban J connectivity index is 1.73. The Labute approximate surface area is 107 Å². The monoisotopic (exact) mass is 239 g/mol. The summed E-state index contributed by atoms with van der Waals surface area (Å²) < 4.78 is 6.38. The number of ether oxygens (including phenoxy) is 1. The predicted octanol–water partition coefficient (Wildman–Crippen LogP) is 3.50. The largest absolute Gasteiger partial charge is 0.372 e. The second kappa shape index (κ2) is 5.71. The van der Waals surface area contributed by atoms with Gasteiger partial charge in [-0.2, -0.15) is 0 Å². The van der Waals surface area contributed by atoms with Crippen molar-refractivity contribution in [3.63, 3.8) is 0 Å². The van der Waals surface area contributed by atoms with E-state index in [1.165, 1.54) is 51.4 Å². The number of hydrogen-bond acceptors (Lipinski definition) is 2. The van der Waals surface area contributed by atoms with E-state index in [1.54, 1.807) is 0 Å². The van der Waals surface area contributed by atoms with E-state index in [4.69, 9.17) is 4.74 Å². The predicted molar refractivity (Wildman–Crippen MR) is 72.2 cm³/mol. The third-order valence-corrected chi connectivity index (χ3v) is 4.77. The molecule has 0 aromatic rings. The van der Waals surface area contributed by atoms with Gasteiger partial charge in [0, 0.05) is 6.04 Å². The highest BCUT2D eigenvalue weighted by molar-refractivity contribution is 4.93. The second-order valence-electron chi connectivity index (χ2n) is 6.43. The van der Waals surface area contributed by atoms with Gasteiger partial charge in [-0.3, -0.25) is 0 Å². The van der Waals surface area contributed by atoms with E-state index in [0.717, 1.165) is 5.92 Å². The van der Waals surface area contributed by atoms with Crippen molar-refractivity contribution < 1.29 is 4.74 Å². The Hall–Kier alpha value is -0.0800. The minimum Gasteiger partial charge on any atom is -0.372 e. The van der Waals surface area contributed by atoms with Crippen LogP contribution in [0.3, 0.4) is 0 Å². The Morgan fingerprint density at radius 2 is 1.94 bits per heavy atom. The number of hydrogen-bond donors (Lipinski definition) is 1. The molecule has 3 atom stereocenters. The molecule has 1 N–H and O–H groups in total. The van der Waals surface area contributed by atoms with Crippen LogP contribution in [-0.2, 0) is 4.74 Å². The fraction of sp³-hybridized carbons (Fsp3) is 1.00. The summed E-state index contributed by atoms with van der Waals surface area (Å²) in [6.45, 7) is 4.64. The van der Waals surface area contributed by atoms with Crippen LogP contribution in [-0.4, -0.2) is 24.8 Å². The molecule has 0 aromatic carbocycles. The molecule has 1 saturated heterocycles. The fourth-order valence-electron chi connectivity index (χ4n) is 3.72. The molecule has 2 nitrogen and oxygen atoms in total. The maximum absolute atomic E-state index is 6.38. The molecule has 2 fully saturated rings. The van der Waals surface area contributed by atoms with Crippen molar-refractivity contribution in [3.8, 4) is 0 Å². The molecule has 1 aliphatic heterocycles. The third kappa shape index (κ3) is 3.45. The molecule has 0 amide bonds. The van der Waals surface area contributed by atoms with Crippen LogP contribution in [0.1, 0.15) is 65.2 Å². The maximum Gasteiger partial charge on any atom is 0.0687 e. The summed E-state index contributed by atoms with van der Waals surface area (Å²) in [4.78, 5) is 0. The van der Waals surface area contributed by atoms with E-state index < -0.39 is 0 Å². The minimum atomic E-state index is 0.318. The molecule has 1 heterocycles. The van der Waals surface area contributed by atoms with Gasteiger partial charge in [0.2, 0.25) is 0 Å². The van der Waals surface area contributed by atoms with E-state index in [0.29, 0.717) is 17.7 Å². The lowest BCUT2D eigenvalue weighted by atomic mass is 9.94. The normalized spacial score (nSPS) is 30.9. The summed E-state index contributed by atoms with van der Waals surface area (Å²) >= 11 is 0. The first-order valence-corrected chi connectivity index (χ1v) is 7.49. The van der Waals surface area contributed by atoms with Gasteiger partial charge >= 0.3 is 0 Å². The summed E-state index contributed by atoms with van der Waals surface area (Å²) in [5.74, 6) is 0.777. The quantitative estimate of drug-likeness (QED) is 0.793. The van der Waals surface area contributed by atoms with Crippen LogP contribution >= 0.6 is 0 Å². The first-order valence-electron chi connectivity index (χ1n) is 7.49. The molecule has 0 radical (unpaired) electrons. The van der Waals surface area contributed by atoms with Crippen LogP contribution in [0.4, 0.5) is 0 Å². The summed E-state index contributed by atoms with van der Waals surface area (Å²) in [6.07, 6.45) is 11.1. The highest BCUT2D eigenvalue weighted by Gasteiger charge is 2.42. The molecule has 17 heavy (non-hydrogen) atoms. The van der Waals surface area contributed by atoms with E-state index in [-0.39, 0.29) is 0 Å². The highest BCUT2D eigenvalue weighted by atomic mass is 16.5. The third-order valence-electron chi connectivity index (χ3n) is 4.77. The minimum absolute atomic E-state index is 0.318. The van der Waals surface area contributed by atoms with E-state index >= 15 is 0 Å². The summed E-state index contributed by atoms with van der Waals surface area (Å²) in [5, 5.41) is 3.33. The summed E-state index contributed by atoms with van der Waals surface area (Å²) in [5.41, 5.74) is 0.318. The van der Waals surface area contributed by atoms with Crippen molar-refractivity contribution in [2.24, 2.45) is 5.92 Å². The van der Waals surface area contributed by atoms with Crippen LogP contribution in [0.25, 0.3) is 0 Å². The zero-order chi connectivity index (χ0) is 12.3. The zero-order valence-electron chi connectivity index (χ0n) is 11.8. The van der Waals surface area contributed by atoms with Crippen LogP contribution in [0.2, 0.25) is 0 Å². The van der Waals surface area contributed by atoms with Crippen LogP contribution in [0.5, 0.6) is 0 Å². The van der Waals surface area contributed by atoms with Crippen LogP contribution in [0.15, 0.2) is 0 Å². The maximum atomic E-state index is 6.38. The standard InChI is InChI=1S/C15H29NO/c1-12(10-13(2)16-3)11-14-6-9-15(17-14)7-4-5-8-15/h12-14,16H,4-11H2,1-3H3. The van der Waals surface area contributed by atoms with Crippen LogP contribution in [0, 0.1) is 5.92 Å². The summed E-state index contributed by atoms with van der Waals surface area (Å²) in [7, 11) is 2.05. The van der Waals surface area contributed by atoms with Crippen molar-refractivity contribution >= 4 is 0 Å². The van der Waals surface area contributed by atoms with Gasteiger partial charge in [0.1, 0.15) is 0 Å². The van der Waals surface area contributed by atoms with Gasteiger partial charge in [0.05, 0.1) is 11.7 Å². The molecule has 1 spiro atoms. The van der Waals surface area contributed by atoms with E-state index in [9.17, 15) is 0 Å². The molecule has 0 bridgehead atoms. The second-order valence-corrected chi connectivity index (χ2v) is 6.43. The zero-order valence-corrected chi connectivity index (χ0v) is 11.8. The molecule has 3 unspecified atom stereocenters. The fourth-order valence-corrected chi connectivity index (χ4v) is 3.72. The molecular formula is C15H29NO. The molecule has 0 aromatic heterocycles.